The van der Waals surface area contributed by atoms with Crippen molar-refractivity contribution in [3.05, 3.63) is 65.2 Å². The Morgan fingerprint density at radius 1 is 1.08 bits per heavy atom. The van der Waals surface area contributed by atoms with Gasteiger partial charge in [0, 0.05) is 0 Å². The summed E-state index contributed by atoms with van der Waals surface area (Å²) in [6.07, 6.45) is 1.02. The first-order valence-electron chi connectivity index (χ1n) is 8.91. The summed E-state index contributed by atoms with van der Waals surface area (Å²) in [5.41, 5.74) is 3.47. The van der Waals surface area contributed by atoms with Crippen LogP contribution in [-0.2, 0) is 16.6 Å². The summed E-state index contributed by atoms with van der Waals surface area (Å²) in [5.74, 6) is 0.654. The number of carbonyl (C=O) groups is 1. The molecule has 0 aliphatic heterocycles. The average Bonchev–Trinajstić information content (AvgIpc) is 2.59. The third-order valence-electron chi connectivity index (χ3n) is 4.32. The third kappa shape index (κ3) is 5.35. The van der Waals surface area contributed by atoms with E-state index < -0.39 is 0 Å². The SMILES string of the molecule is CCc1ccc([C@H](C)NC(=O)COc2ccccc2C(C)(C)C)cc1. The van der Waals surface area contributed by atoms with Crippen molar-refractivity contribution in [1.82, 2.24) is 5.32 Å². The molecule has 1 amide bonds. The second kappa shape index (κ2) is 8.19. The lowest BCUT2D eigenvalue weighted by atomic mass is 9.86. The molecule has 3 nitrogen and oxygen atoms in total. The van der Waals surface area contributed by atoms with Crippen LogP contribution in [0.3, 0.4) is 0 Å². The monoisotopic (exact) mass is 339 g/mol. The molecule has 0 bridgehead atoms. The molecule has 1 atom stereocenters. The summed E-state index contributed by atoms with van der Waals surface area (Å²) in [6, 6.07) is 16.2. The summed E-state index contributed by atoms with van der Waals surface area (Å²) in [4.78, 5) is 12.2. The molecule has 0 aliphatic rings. The summed E-state index contributed by atoms with van der Waals surface area (Å²) in [6.45, 7) is 10.5. The molecule has 0 spiro atoms. The highest BCUT2D eigenvalue weighted by molar-refractivity contribution is 5.78. The zero-order valence-corrected chi connectivity index (χ0v) is 15.9. The summed E-state index contributed by atoms with van der Waals surface area (Å²) in [5, 5.41) is 3.00. The number of ether oxygens (including phenoxy) is 1. The van der Waals surface area contributed by atoms with Gasteiger partial charge in [-0.1, -0.05) is 70.2 Å². The number of benzene rings is 2. The van der Waals surface area contributed by atoms with E-state index in [1.807, 2.05) is 31.2 Å². The zero-order valence-electron chi connectivity index (χ0n) is 15.9. The molecular weight excluding hydrogens is 310 g/mol. The first-order valence-corrected chi connectivity index (χ1v) is 8.91. The highest BCUT2D eigenvalue weighted by Crippen LogP contribution is 2.30. The van der Waals surface area contributed by atoms with E-state index in [9.17, 15) is 4.79 Å². The van der Waals surface area contributed by atoms with Crippen LogP contribution in [-0.4, -0.2) is 12.5 Å². The molecule has 0 aliphatic carbocycles. The van der Waals surface area contributed by atoms with E-state index in [4.69, 9.17) is 4.74 Å². The van der Waals surface area contributed by atoms with E-state index in [1.165, 1.54) is 5.56 Å². The maximum atomic E-state index is 12.2. The molecule has 0 heterocycles. The van der Waals surface area contributed by atoms with Crippen LogP contribution in [0.15, 0.2) is 48.5 Å². The van der Waals surface area contributed by atoms with E-state index in [0.29, 0.717) is 0 Å². The van der Waals surface area contributed by atoms with Gasteiger partial charge in [0.2, 0.25) is 0 Å². The molecule has 3 heteroatoms. The number of rotatable bonds is 6. The fourth-order valence-corrected chi connectivity index (χ4v) is 2.76. The second-order valence-corrected chi connectivity index (χ2v) is 7.42. The van der Waals surface area contributed by atoms with Gasteiger partial charge in [0.25, 0.3) is 5.91 Å². The van der Waals surface area contributed by atoms with E-state index >= 15 is 0 Å². The minimum atomic E-state index is -0.115. The van der Waals surface area contributed by atoms with Crippen LogP contribution in [0.25, 0.3) is 0 Å². The van der Waals surface area contributed by atoms with Crippen molar-refractivity contribution in [2.45, 2.75) is 52.5 Å². The quantitative estimate of drug-likeness (QED) is 0.821. The Balaban J connectivity index is 1.94. The highest BCUT2D eigenvalue weighted by Gasteiger charge is 2.19. The van der Waals surface area contributed by atoms with Gasteiger partial charge in [0.15, 0.2) is 6.61 Å². The molecule has 1 N–H and O–H groups in total. The van der Waals surface area contributed by atoms with Crippen molar-refractivity contribution in [3.8, 4) is 5.75 Å². The van der Waals surface area contributed by atoms with Crippen molar-refractivity contribution in [2.24, 2.45) is 0 Å². The Hall–Kier alpha value is -2.29. The lowest BCUT2D eigenvalue weighted by Crippen LogP contribution is -2.31. The lowest BCUT2D eigenvalue weighted by molar-refractivity contribution is -0.123. The lowest BCUT2D eigenvalue weighted by Gasteiger charge is -2.23. The predicted molar refractivity (Wildman–Crippen MR) is 103 cm³/mol. The molecule has 134 valence electrons. The molecule has 0 saturated heterocycles. The van der Waals surface area contributed by atoms with Gasteiger partial charge in [-0.2, -0.15) is 0 Å². The van der Waals surface area contributed by atoms with Crippen molar-refractivity contribution in [1.29, 1.82) is 0 Å². The molecule has 0 aromatic heterocycles. The normalized spacial score (nSPS) is 12.5. The van der Waals surface area contributed by atoms with Gasteiger partial charge in [-0.15, -0.1) is 0 Å². The summed E-state index contributed by atoms with van der Waals surface area (Å²) >= 11 is 0. The molecule has 2 rings (SSSR count). The number of hydrogen-bond acceptors (Lipinski definition) is 2. The van der Waals surface area contributed by atoms with Crippen LogP contribution in [0.2, 0.25) is 0 Å². The summed E-state index contributed by atoms with van der Waals surface area (Å²) < 4.78 is 5.79. The van der Waals surface area contributed by atoms with Gasteiger partial charge in [-0.25, -0.2) is 0 Å². The molecule has 2 aromatic rings. The van der Waals surface area contributed by atoms with Crippen LogP contribution >= 0.6 is 0 Å². The molecule has 2 aromatic carbocycles. The van der Waals surface area contributed by atoms with Crippen molar-refractivity contribution in [3.63, 3.8) is 0 Å². The van der Waals surface area contributed by atoms with E-state index in [1.54, 1.807) is 0 Å². The Labute approximate surface area is 151 Å². The molecular formula is C22H29NO2. The van der Waals surface area contributed by atoms with Gasteiger partial charge < -0.3 is 10.1 Å². The maximum Gasteiger partial charge on any atom is 0.258 e. The number of amides is 1. The predicted octanol–water partition coefficient (Wildman–Crippen LogP) is 4.80. The number of hydrogen-bond donors (Lipinski definition) is 1. The first kappa shape index (κ1) is 19.0. The van der Waals surface area contributed by atoms with Crippen molar-refractivity contribution < 1.29 is 9.53 Å². The van der Waals surface area contributed by atoms with E-state index in [-0.39, 0.29) is 24.0 Å². The smallest absolute Gasteiger partial charge is 0.258 e. The Morgan fingerprint density at radius 3 is 2.32 bits per heavy atom. The number of carbonyl (C=O) groups excluding carboxylic acids is 1. The van der Waals surface area contributed by atoms with Crippen LogP contribution < -0.4 is 10.1 Å². The third-order valence-corrected chi connectivity index (χ3v) is 4.32. The molecule has 0 radical (unpaired) electrons. The van der Waals surface area contributed by atoms with Crippen LogP contribution in [0, 0.1) is 0 Å². The standard InChI is InChI=1S/C22H29NO2/c1-6-17-11-13-18(14-12-17)16(2)23-21(24)15-25-20-10-8-7-9-19(20)22(3,4)5/h7-14,16H,6,15H2,1-5H3,(H,23,24)/t16-/m0/s1. The van der Waals surface area contributed by atoms with Crippen LogP contribution in [0.1, 0.15) is 57.4 Å². The minimum absolute atomic E-state index is 0.0183. The van der Waals surface area contributed by atoms with Gasteiger partial charge in [0.05, 0.1) is 6.04 Å². The van der Waals surface area contributed by atoms with Gasteiger partial charge in [-0.05, 0) is 41.5 Å². The molecule has 25 heavy (non-hydrogen) atoms. The summed E-state index contributed by atoms with van der Waals surface area (Å²) in [7, 11) is 0. The maximum absolute atomic E-state index is 12.2. The fraction of sp³-hybridized carbons (Fsp3) is 0.409. The second-order valence-electron chi connectivity index (χ2n) is 7.42. The Bertz CT molecular complexity index is 699. The van der Waals surface area contributed by atoms with Crippen LogP contribution in [0.5, 0.6) is 5.75 Å². The number of aryl methyl sites for hydroxylation is 1. The van der Waals surface area contributed by atoms with Gasteiger partial charge in [0.1, 0.15) is 5.75 Å². The van der Waals surface area contributed by atoms with E-state index in [0.717, 1.165) is 23.3 Å². The Morgan fingerprint density at radius 2 is 1.72 bits per heavy atom. The van der Waals surface area contributed by atoms with E-state index in [2.05, 4.69) is 57.3 Å². The van der Waals surface area contributed by atoms with Crippen LogP contribution in [0.4, 0.5) is 0 Å². The van der Waals surface area contributed by atoms with Crippen molar-refractivity contribution >= 4 is 5.91 Å². The van der Waals surface area contributed by atoms with Gasteiger partial charge >= 0.3 is 0 Å². The molecule has 0 saturated carbocycles. The Kier molecular flexibility index (Phi) is 6.24. The zero-order chi connectivity index (χ0) is 18.4. The van der Waals surface area contributed by atoms with Gasteiger partial charge in [-0.3, -0.25) is 4.79 Å². The minimum Gasteiger partial charge on any atom is -0.483 e. The topological polar surface area (TPSA) is 38.3 Å². The fourth-order valence-electron chi connectivity index (χ4n) is 2.76. The molecule has 0 unspecified atom stereocenters. The highest BCUT2D eigenvalue weighted by atomic mass is 16.5. The number of nitrogens with one attached hydrogen (secondary N) is 1. The first-order chi connectivity index (χ1) is 11.8. The largest absolute Gasteiger partial charge is 0.483 e. The average molecular weight is 339 g/mol. The molecule has 0 fully saturated rings. The van der Waals surface area contributed by atoms with Crippen molar-refractivity contribution in [2.75, 3.05) is 6.61 Å². The number of para-hydroxylation sites is 1.